The zero-order chi connectivity index (χ0) is 16.8. The molecule has 0 aliphatic rings. The molecule has 0 radical (unpaired) electrons. The number of carbonyl (C=O) groups is 2. The highest BCUT2D eigenvalue weighted by atomic mass is 16.5. The predicted octanol–water partition coefficient (Wildman–Crippen LogP) is 3.35. The third-order valence-electron chi connectivity index (χ3n) is 3.33. The number of ether oxygens (including phenoxy) is 2. The van der Waals surface area contributed by atoms with Gasteiger partial charge in [-0.05, 0) is 36.8 Å². The lowest BCUT2D eigenvalue weighted by molar-refractivity contribution is 0.0600. The topological polar surface area (TPSA) is 65.5 Å². The van der Waals surface area contributed by atoms with Gasteiger partial charge in [-0.25, -0.2) is 9.78 Å². The van der Waals surface area contributed by atoms with E-state index in [1.807, 2.05) is 13.0 Å². The molecular weight excluding hydrogens is 294 g/mol. The van der Waals surface area contributed by atoms with Crippen LogP contribution in [0, 0.1) is 6.92 Å². The van der Waals surface area contributed by atoms with Crippen LogP contribution in [0.4, 0.5) is 0 Å². The molecular formula is C18H19NO4. The maximum Gasteiger partial charge on any atom is 0.337 e. The van der Waals surface area contributed by atoms with Crippen molar-refractivity contribution in [2.75, 3.05) is 7.11 Å². The standard InChI is InChI=1S/C18H19NO4/c1-4-15(20)17-16(9-8-12(2)19-17)23-11-13-6-5-7-14(10-13)18(21)22-3/h5-10H,4,11H2,1-3H3. The first kappa shape index (κ1) is 16.7. The Morgan fingerprint density at radius 2 is 1.96 bits per heavy atom. The number of methoxy groups -OCH3 is 1. The van der Waals surface area contributed by atoms with Crippen molar-refractivity contribution < 1.29 is 19.1 Å². The maximum absolute atomic E-state index is 12.0. The van der Waals surface area contributed by atoms with Crippen molar-refractivity contribution in [2.24, 2.45) is 0 Å². The van der Waals surface area contributed by atoms with Gasteiger partial charge in [0.15, 0.2) is 5.78 Å². The first-order valence-corrected chi connectivity index (χ1v) is 7.36. The number of rotatable bonds is 6. The minimum absolute atomic E-state index is 0.0630. The molecule has 2 rings (SSSR count). The van der Waals surface area contributed by atoms with Gasteiger partial charge in [0.25, 0.3) is 0 Å². The number of esters is 1. The van der Waals surface area contributed by atoms with Gasteiger partial charge in [0.1, 0.15) is 18.1 Å². The number of aromatic nitrogens is 1. The summed E-state index contributed by atoms with van der Waals surface area (Å²) in [6.07, 6.45) is 0.366. The molecule has 2 aromatic rings. The second-order valence-electron chi connectivity index (χ2n) is 5.06. The Hall–Kier alpha value is -2.69. The van der Waals surface area contributed by atoms with E-state index in [1.54, 1.807) is 37.3 Å². The summed E-state index contributed by atoms with van der Waals surface area (Å²) < 4.78 is 10.4. The van der Waals surface area contributed by atoms with E-state index in [2.05, 4.69) is 4.98 Å². The van der Waals surface area contributed by atoms with Gasteiger partial charge >= 0.3 is 5.97 Å². The highest BCUT2D eigenvalue weighted by Gasteiger charge is 2.13. The third kappa shape index (κ3) is 4.16. The molecule has 0 amide bonds. The van der Waals surface area contributed by atoms with Gasteiger partial charge in [-0.2, -0.15) is 0 Å². The smallest absolute Gasteiger partial charge is 0.337 e. The van der Waals surface area contributed by atoms with E-state index in [-0.39, 0.29) is 12.4 Å². The summed E-state index contributed by atoms with van der Waals surface area (Å²) in [5.41, 5.74) is 2.38. The third-order valence-corrected chi connectivity index (χ3v) is 3.33. The van der Waals surface area contributed by atoms with E-state index in [4.69, 9.17) is 9.47 Å². The van der Waals surface area contributed by atoms with Crippen LogP contribution in [0.3, 0.4) is 0 Å². The second-order valence-corrected chi connectivity index (χ2v) is 5.06. The zero-order valence-electron chi connectivity index (χ0n) is 13.5. The molecule has 0 unspecified atom stereocenters. The Morgan fingerprint density at radius 3 is 2.65 bits per heavy atom. The number of ketones is 1. The lowest BCUT2D eigenvalue weighted by Gasteiger charge is -2.11. The summed E-state index contributed by atoms with van der Waals surface area (Å²) in [5.74, 6) is -0.0105. The van der Waals surface area contributed by atoms with Crippen molar-refractivity contribution in [2.45, 2.75) is 26.9 Å². The molecule has 5 nitrogen and oxygen atoms in total. The Balaban J connectivity index is 2.18. The fourth-order valence-corrected chi connectivity index (χ4v) is 2.09. The molecule has 1 heterocycles. The van der Waals surface area contributed by atoms with Gasteiger partial charge in [0.2, 0.25) is 0 Å². The lowest BCUT2D eigenvalue weighted by atomic mass is 10.1. The van der Waals surface area contributed by atoms with Gasteiger partial charge in [0.05, 0.1) is 12.7 Å². The number of pyridine rings is 1. The van der Waals surface area contributed by atoms with Crippen LogP contribution in [0.25, 0.3) is 0 Å². The van der Waals surface area contributed by atoms with Crippen molar-refractivity contribution in [3.63, 3.8) is 0 Å². The zero-order valence-corrected chi connectivity index (χ0v) is 13.5. The Kier molecular flexibility index (Phi) is 5.46. The monoisotopic (exact) mass is 313 g/mol. The summed E-state index contributed by atoms with van der Waals surface area (Å²) in [6.45, 7) is 3.85. The molecule has 0 N–H and O–H groups in total. The summed E-state index contributed by atoms with van der Waals surface area (Å²) in [5, 5.41) is 0. The van der Waals surface area contributed by atoms with Crippen molar-refractivity contribution in [3.8, 4) is 5.75 Å². The molecule has 0 bridgehead atoms. The Bertz CT molecular complexity index is 725. The van der Waals surface area contributed by atoms with Gasteiger partial charge < -0.3 is 9.47 Å². The molecule has 1 aromatic heterocycles. The average molecular weight is 313 g/mol. The normalized spacial score (nSPS) is 10.2. The van der Waals surface area contributed by atoms with E-state index in [1.165, 1.54) is 7.11 Å². The summed E-state index contributed by atoms with van der Waals surface area (Å²) >= 11 is 0. The average Bonchev–Trinajstić information content (AvgIpc) is 2.59. The fourth-order valence-electron chi connectivity index (χ4n) is 2.09. The van der Waals surface area contributed by atoms with E-state index in [0.717, 1.165) is 11.3 Å². The Morgan fingerprint density at radius 1 is 1.17 bits per heavy atom. The van der Waals surface area contributed by atoms with Crippen molar-refractivity contribution in [1.29, 1.82) is 0 Å². The van der Waals surface area contributed by atoms with Crippen molar-refractivity contribution in [1.82, 2.24) is 4.98 Å². The summed E-state index contributed by atoms with van der Waals surface area (Å²) in [6, 6.07) is 10.5. The van der Waals surface area contributed by atoms with Gasteiger partial charge in [0, 0.05) is 12.1 Å². The molecule has 5 heteroatoms. The number of aryl methyl sites for hydroxylation is 1. The molecule has 0 aliphatic carbocycles. The van der Waals surface area contributed by atoms with Crippen LogP contribution in [0.1, 0.15) is 45.4 Å². The first-order chi connectivity index (χ1) is 11.0. The Labute approximate surface area is 135 Å². The quantitative estimate of drug-likeness (QED) is 0.604. The molecule has 23 heavy (non-hydrogen) atoms. The van der Waals surface area contributed by atoms with E-state index >= 15 is 0 Å². The number of nitrogens with zero attached hydrogens (tertiary/aromatic N) is 1. The highest BCUT2D eigenvalue weighted by molar-refractivity contribution is 5.96. The van der Waals surface area contributed by atoms with Crippen LogP contribution in [0.15, 0.2) is 36.4 Å². The van der Waals surface area contributed by atoms with Crippen LogP contribution in [0.5, 0.6) is 5.75 Å². The van der Waals surface area contributed by atoms with Gasteiger partial charge in [-0.3, -0.25) is 4.79 Å². The number of hydrogen-bond acceptors (Lipinski definition) is 5. The highest BCUT2D eigenvalue weighted by Crippen LogP contribution is 2.20. The fraction of sp³-hybridized carbons (Fsp3) is 0.278. The molecule has 0 saturated carbocycles. The largest absolute Gasteiger partial charge is 0.487 e. The number of benzene rings is 1. The van der Waals surface area contributed by atoms with E-state index < -0.39 is 5.97 Å². The molecule has 0 saturated heterocycles. The number of Topliss-reactive ketones (excluding diaryl/α,β-unsaturated/α-hetero) is 1. The van der Waals surface area contributed by atoms with Crippen LogP contribution < -0.4 is 4.74 Å². The minimum Gasteiger partial charge on any atom is -0.487 e. The molecule has 120 valence electrons. The number of hydrogen-bond donors (Lipinski definition) is 0. The predicted molar refractivity (Wildman–Crippen MR) is 85.7 cm³/mol. The van der Waals surface area contributed by atoms with Gasteiger partial charge in [-0.1, -0.05) is 19.1 Å². The van der Waals surface area contributed by atoms with Gasteiger partial charge in [-0.15, -0.1) is 0 Å². The molecule has 0 fully saturated rings. The molecule has 0 aliphatic heterocycles. The molecule has 0 spiro atoms. The summed E-state index contributed by atoms with van der Waals surface area (Å²) in [4.78, 5) is 27.8. The molecule has 1 aromatic carbocycles. The van der Waals surface area contributed by atoms with Crippen LogP contribution in [0.2, 0.25) is 0 Å². The number of carbonyl (C=O) groups excluding carboxylic acids is 2. The minimum atomic E-state index is -0.397. The first-order valence-electron chi connectivity index (χ1n) is 7.36. The van der Waals surface area contributed by atoms with E-state index in [0.29, 0.717) is 23.4 Å². The van der Waals surface area contributed by atoms with E-state index in [9.17, 15) is 9.59 Å². The van der Waals surface area contributed by atoms with Crippen LogP contribution >= 0.6 is 0 Å². The van der Waals surface area contributed by atoms with Crippen LogP contribution in [-0.4, -0.2) is 23.8 Å². The summed E-state index contributed by atoms with van der Waals surface area (Å²) in [7, 11) is 1.34. The van der Waals surface area contributed by atoms with Crippen molar-refractivity contribution >= 4 is 11.8 Å². The maximum atomic E-state index is 12.0. The second kappa shape index (κ2) is 7.54. The SMILES string of the molecule is CCC(=O)c1nc(C)ccc1OCc1cccc(C(=O)OC)c1. The lowest BCUT2D eigenvalue weighted by Crippen LogP contribution is -2.07. The van der Waals surface area contributed by atoms with Crippen LogP contribution in [-0.2, 0) is 11.3 Å². The van der Waals surface area contributed by atoms with Crippen molar-refractivity contribution in [3.05, 3.63) is 58.9 Å². The molecule has 0 atom stereocenters.